The molecule has 0 aromatic heterocycles. The fourth-order valence-electron chi connectivity index (χ4n) is 1.36. The van der Waals surface area contributed by atoms with Gasteiger partial charge in [-0.15, -0.1) is 0 Å². The standard InChI is InChI=1S/C10H18N2OS/c1-3-5-8-10(13)12-9(11-8)7-14-6-4-2/h8H,3-7H2,1-2H3,(H,11,12,13). The van der Waals surface area contributed by atoms with E-state index in [0.29, 0.717) is 0 Å². The van der Waals surface area contributed by atoms with Crippen molar-refractivity contribution in [3.8, 4) is 0 Å². The maximum absolute atomic E-state index is 11.4. The van der Waals surface area contributed by atoms with Crippen molar-refractivity contribution in [3.63, 3.8) is 0 Å². The summed E-state index contributed by atoms with van der Waals surface area (Å²) in [7, 11) is 0. The smallest absolute Gasteiger partial charge is 0.250 e. The van der Waals surface area contributed by atoms with Gasteiger partial charge < -0.3 is 5.32 Å². The molecule has 14 heavy (non-hydrogen) atoms. The third kappa shape index (κ3) is 3.33. The van der Waals surface area contributed by atoms with Crippen molar-refractivity contribution in [2.75, 3.05) is 11.5 Å². The topological polar surface area (TPSA) is 41.5 Å². The molecule has 0 aromatic rings. The van der Waals surface area contributed by atoms with Gasteiger partial charge in [0.25, 0.3) is 0 Å². The second-order valence-electron chi connectivity index (χ2n) is 3.42. The SMILES string of the molecule is CCCSCC1=NC(CCC)C(=O)N1. The predicted molar refractivity (Wildman–Crippen MR) is 61.9 cm³/mol. The monoisotopic (exact) mass is 214 g/mol. The summed E-state index contributed by atoms with van der Waals surface area (Å²) in [6.07, 6.45) is 3.05. The molecular weight excluding hydrogens is 196 g/mol. The number of hydrogen-bond acceptors (Lipinski definition) is 3. The molecule has 1 amide bonds. The van der Waals surface area contributed by atoms with E-state index in [4.69, 9.17) is 0 Å². The zero-order chi connectivity index (χ0) is 10.4. The van der Waals surface area contributed by atoms with Crippen molar-refractivity contribution in [1.29, 1.82) is 0 Å². The van der Waals surface area contributed by atoms with Gasteiger partial charge in [-0.05, 0) is 18.6 Å². The largest absolute Gasteiger partial charge is 0.312 e. The van der Waals surface area contributed by atoms with Crippen LogP contribution in [0.25, 0.3) is 0 Å². The van der Waals surface area contributed by atoms with Gasteiger partial charge in [0.1, 0.15) is 11.9 Å². The van der Waals surface area contributed by atoms with Gasteiger partial charge in [-0.25, -0.2) is 0 Å². The van der Waals surface area contributed by atoms with Crippen molar-refractivity contribution < 1.29 is 4.79 Å². The predicted octanol–water partition coefficient (Wildman–Crippen LogP) is 1.83. The number of carbonyl (C=O) groups excluding carboxylic acids is 1. The minimum Gasteiger partial charge on any atom is -0.312 e. The summed E-state index contributed by atoms with van der Waals surface area (Å²) in [5, 5.41) is 2.84. The van der Waals surface area contributed by atoms with Gasteiger partial charge in [0.05, 0.1) is 5.75 Å². The first kappa shape index (κ1) is 11.6. The van der Waals surface area contributed by atoms with E-state index in [1.807, 2.05) is 11.8 Å². The van der Waals surface area contributed by atoms with Crippen LogP contribution in [0.3, 0.4) is 0 Å². The van der Waals surface area contributed by atoms with Crippen LogP contribution in [0.1, 0.15) is 33.1 Å². The fourth-order valence-corrected chi connectivity index (χ4v) is 2.13. The molecule has 1 aliphatic rings. The number of aliphatic imine (C=N–C) groups is 1. The third-order valence-electron chi connectivity index (χ3n) is 2.03. The second kappa shape index (κ2) is 6.06. The molecule has 1 unspecified atom stereocenters. The van der Waals surface area contributed by atoms with Crippen LogP contribution in [0.4, 0.5) is 0 Å². The van der Waals surface area contributed by atoms with E-state index in [2.05, 4.69) is 24.2 Å². The molecule has 0 saturated heterocycles. The Labute approximate surface area is 89.7 Å². The Morgan fingerprint density at radius 2 is 2.21 bits per heavy atom. The Kier molecular flexibility index (Phi) is 5.01. The van der Waals surface area contributed by atoms with Crippen LogP contribution in [0, 0.1) is 0 Å². The summed E-state index contributed by atoms with van der Waals surface area (Å²) in [5.41, 5.74) is 0. The number of thioether (sulfide) groups is 1. The van der Waals surface area contributed by atoms with Gasteiger partial charge in [-0.3, -0.25) is 9.79 Å². The molecule has 0 saturated carbocycles. The van der Waals surface area contributed by atoms with E-state index in [1.165, 1.54) is 6.42 Å². The van der Waals surface area contributed by atoms with Crippen LogP contribution >= 0.6 is 11.8 Å². The van der Waals surface area contributed by atoms with Gasteiger partial charge in [-0.1, -0.05) is 20.3 Å². The van der Waals surface area contributed by atoms with E-state index in [-0.39, 0.29) is 11.9 Å². The molecule has 0 radical (unpaired) electrons. The lowest BCUT2D eigenvalue weighted by Crippen LogP contribution is -2.29. The number of nitrogens with one attached hydrogen (secondary N) is 1. The Morgan fingerprint density at radius 1 is 1.43 bits per heavy atom. The molecule has 0 aliphatic carbocycles. The maximum Gasteiger partial charge on any atom is 0.250 e. The van der Waals surface area contributed by atoms with Gasteiger partial charge in [0.2, 0.25) is 5.91 Å². The molecule has 4 heteroatoms. The Balaban J connectivity index is 2.32. The Morgan fingerprint density at radius 3 is 2.86 bits per heavy atom. The highest BCUT2D eigenvalue weighted by molar-refractivity contribution is 7.99. The quantitative estimate of drug-likeness (QED) is 0.685. The van der Waals surface area contributed by atoms with E-state index in [9.17, 15) is 4.79 Å². The van der Waals surface area contributed by atoms with Crippen LogP contribution in [0.15, 0.2) is 4.99 Å². The molecule has 0 aromatic carbocycles. The van der Waals surface area contributed by atoms with Crippen molar-refractivity contribution in [3.05, 3.63) is 0 Å². The summed E-state index contributed by atoms with van der Waals surface area (Å²) in [6.45, 7) is 4.23. The highest BCUT2D eigenvalue weighted by Crippen LogP contribution is 2.10. The number of amidine groups is 1. The summed E-state index contributed by atoms with van der Waals surface area (Å²) in [4.78, 5) is 15.7. The molecule has 0 fully saturated rings. The lowest BCUT2D eigenvalue weighted by atomic mass is 10.2. The van der Waals surface area contributed by atoms with Gasteiger partial charge >= 0.3 is 0 Å². The molecule has 0 bridgehead atoms. The minimum atomic E-state index is -0.114. The normalized spacial score (nSPS) is 20.9. The average molecular weight is 214 g/mol. The first-order chi connectivity index (χ1) is 6.77. The lowest BCUT2D eigenvalue weighted by Gasteiger charge is -1.99. The van der Waals surface area contributed by atoms with Crippen molar-refractivity contribution in [2.24, 2.45) is 4.99 Å². The third-order valence-corrected chi connectivity index (χ3v) is 3.21. The van der Waals surface area contributed by atoms with Gasteiger partial charge in [-0.2, -0.15) is 11.8 Å². The average Bonchev–Trinajstić information content (AvgIpc) is 2.49. The van der Waals surface area contributed by atoms with Crippen molar-refractivity contribution in [2.45, 2.75) is 39.2 Å². The van der Waals surface area contributed by atoms with Crippen molar-refractivity contribution in [1.82, 2.24) is 5.32 Å². The van der Waals surface area contributed by atoms with E-state index < -0.39 is 0 Å². The van der Waals surface area contributed by atoms with Gasteiger partial charge in [0, 0.05) is 0 Å². The zero-order valence-corrected chi connectivity index (χ0v) is 9.69. The van der Waals surface area contributed by atoms with Crippen LogP contribution in [0.2, 0.25) is 0 Å². The molecule has 80 valence electrons. The van der Waals surface area contributed by atoms with E-state index in [1.54, 1.807) is 0 Å². The molecule has 0 spiro atoms. The van der Waals surface area contributed by atoms with Crippen LogP contribution in [-0.2, 0) is 4.79 Å². The molecule has 1 N–H and O–H groups in total. The summed E-state index contributed by atoms with van der Waals surface area (Å²) in [6, 6.07) is -0.114. The lowest BCUT2D eigenvalue weighted by molar-refractivity contribution is -0.120. The molecule has 3 nitrogen and oxygen atoms in total. The molecule has 1 heterocycles. The first-order valence-electron chi connectivity index (χ1n) is 5.23. The maximum atomic E-state index is 11.4. The second-order valence-corrected chi connectivity index (χ2v) is 4.53. The highest BCUT2D eigenvalue weighted by Gasteiger charge is 2.24. The molecule has 1 rings (SSSR count). The number of carbonyl (C=O) groups is 1. The van der Waals surface area contributed by atoms with Gasteiger partial charge in [0.15, 0.2) is 0 Å². The number of hydrogen-bond donors (Lipinski definition) is 1. The summed E-state index contributed by atoms with van der Waals surface area (Å²) < 4.78 is 0. The zero-order valence-electron chi connectivity index (χ0n) is 8.88. The molecule has 1 aliphatic heterocycles. The van der Waals surface area contributed by atoms with E-state index >= 15 is 0 Å². The highest BCUT2D eigenvalue weighted by atomic mass is 32.2. The number of rotatable bonds is 6. The Bertz CT molecular complexity index is 228. The van der Waals surface area contributed by atoms with E-state index in [0.717, 1.165) is 30.2 Å². The summed E-state index contributed by atoms with van der Waals surface area (Å²) >= 11 is 1.83. The number of amides is 1. The minimum absolute atomic E-state index is 0.0824. The van der Waals surface area contributed by atoms with Crippen LogP contribution in [-0.4, -0.2) is 29.3 Å². The van der Waals surface area contributed by atoms with Crippen molar-refractivity contribution >= 4 is 23.5 Å². The van der Waals surface area contributed by atoms with Crippen LogP contribution in [0.5, 0.6) is 0 Å². The number of nitrogens with zero attached hydrogens (tertiary/aromatic N) is 1. The fraction of sp³-hybridized carbons (Fsp3) is 0.800. The Hall–Kier alpha value is -0.510. The molecular formula is C10H18N2OS. The summed E-state index contributed by atoms with van der Waals surface area (Å²) in [5.74, 6) is 2.93. The molecule has 1 atom stereocenters. The first-order valence-corrected chi connectivity index (χ1v) is 6.38. The van der Waals surface area contributed by atoms with Crippen LogP contribution < -0.4 is 5.32 Å².